The van der Waals surface area contributed by atoms with E-state index < -0.39 is 0 Å². The summed E-state index contributed by atoms with van der Waals surface area (Å²) in [5.74, 6) is -0.405. The maximum absolute atomic E-state index is 12.1. The molecule has 0 aliphatic carbocycles. The molecule has 1 heterocycles. The number of hydrogen-bond acceptors (Lipinski definition) is 4. The van der Waals surface area contributed by atoms with Crippen molar-refractivity contribution < 1.29 is 18.8 Å². The van der Waals surface area contributed by atoms with Crippen molar-refractivity contribution in [2.75, 3.05) is 5.32 Å². The van der Waals surface area contributed by atoms with E-state index in [2.05, 4.69) is 26.6 Å². The van der Waals surface area contributed by atoms with Gasteiger partial charge in [0.2, 0.25) is 5.91 Å². The molecule has 0 atom stereocenters. The van der Waals surface area contributed by atoms with Crippen molar-refractivity contribution in [2.45, 2.75) is 19.4 Å². The van der Waals surface area contributed by atoms with E-state index in [1.54, 1.807) is 54.6 Å². The first-order valence-electron chi connectivity index (χ1n) is 9.00. The Morgan fingerprint density at radius 2 is 1.72 bits per heavy atom. The van der Waals surface area contributed by atoms with Gasteiger partial charge in [-0.1, -0.05) is 40.2 Å². The molecule has 0 unspecified atom stereocenters. The number of Topliss-reactive ketones (excluding diaryl/α,β-unsaturated/α-hetero) is 1. The number of amides is 2. The minimum absolute atomic E-state index is 0.0738. The van der Waals surface area contributed by atoms with Gasteiger partial charge in [0.1, 0.15) is 0 Å². The molecule has 0 spiro atoms. The summed E-state index contributed by atoms with van der Waals surface area (Å²) in [7, 11) is 0. The Morgan fingerprint density at radius 3 is 2.45 bits per heavy atom. The lowest BCUT2D eigenvalue weighted by molar-refractivity contribution is -0.121. The van der Waals surface area contributed by atoms with Gasteiger partial charge in [-0.15, -0.1) is 0 Å². The number of rotatable bonds is 8. The lowest BCUT2D eigenvalue weighted by Gasteiger charge is -2.08. The third kappa shape index (κ3) is 6.15. The Bertz CT molecular complexity index is 998. The van der Waals surface area contributed by atoms with Gasteiger partial charge in [-0.2, -0.15) is 0 Å². The zero-order chi connectivity index (χ0) is 20.6. The highest BCUT2D eigenvalue weighted by Crippen LogP contribution is 2.14. The van der Waals surface area contributed by atoms with Gasteiger partial charge in [0.05, 0.1) is 6.26 Å². The van der Waals surface area contributed by atoms with Crippen LogP contribution in [0.2, 0.25) is 0 Å². The smallest absolute Gasteiger partial charge is 0.291 e. The van der Waals surface area contributed by atoms with Crippen LogP contribution in [0.25, 0.3) is 0 Å². The highest BCUT2D eigenvalue weighted by molar-refractivity contribution is 9.10. The molecule has 2 aromatic carbocycles. The number of halogens is 1. The molecule has 0 fully saturated rings. The number of hydrogen-bond donors (Lipinski definition) is 2. The number of ketones is 1. The van der Waals surface area contributed by atoms with E-state index in [9.17, 15) is 14.4 Å². The molecule has 0 aliphatic heterocycles. The standard InChI is InChI=1S/C22H19BrN2O4/c23-17-8-6-16(7-9-17)19(26)10-11-21(27)24-14-15-3-1-4-18(13-15)25-22(28)20-5-2-12-29-20/h1-9,12-13H,10-11,14H2,(H,24,27)(H,25,28). The van der Waals surface area contributed by atoms with Crippen LogP contribution in [0, 0.1) is 0 Å². The highest BCUT2D eigenvalue weighted by atomic mass is 79.9. The first-order chi connectivity index (χ1) is 14.0. The molecule has 0 saturated heterocycles. The summed E-state index contributed by atoms with van der Waals surface area (Å²) >= 11 is 3.32. The molecule has 0 saturated carbocycles. The van der Waals surface area contributed by atoms with Crippen LogP contribution in [-0.4, -0.2) is 17.6 Å². The van der Waals surface area contributed by atoms with E-state index in [0.717, 1.165) is 10.0 Å². The number of furan rings is 1. The second-order valence-electron chi connectivity index (χ2n) is 6.34. The van der Waals surface area contributed by atoms with Gasteiger partial charge in [-0.3, -0.25) is 14.4 Å². The lowest BCUT2D eigenvalue weighted by Crippen LogP contribution is -2.23. The molecule has 6 nitrogen and oxygen atoms in total. The number of benzene rings is 2. The van der Waals surface area contributed by atoms with E-state index in [4.69, 9.17) is 4.42 Å². The minimum Gasteiger partial charge on any atom is -0.459 e. The van der Waals surface area contributed by atoms with Crippen molar-refractivity contribution in [2.24, 2.45) is 0 Å². The number of carbonyl (C=O) groups excluding carboxylic acids is 3. The number of carbonyl (C=O) groups is 3. The summed E-state index contributed by atoms with van der Waals surface area (Å²) in [4.78, 5) is 36.2. The topological polar surface area (TPSA) is 88.4 Å². The van der Waals surface area contributed by atoms with E-state index in [0.29, 0.717) is 17.8 Å². The average molecular weight is 455 g/mol. The van der Waals surface area contributed by atoms with Gasteiger partial charge in [-0.05, 0) is 42.0 Å². The molecule has 29 heavy (non-hydrogen) atoms. The summed E-state index contributed by atoms with van der Waals surface area (Å²) in [6.07, 6.45) is 1.69. The molecule has 148 valence electrons. The van der Waals surface area contributed by atoms with E-state index >= 15 is 0 Å². The van der Waals surface area contributed by atoms with Crippen molar-refractivity contribution >= 4 is 39.2 Å². The van der Waals surface area contributed by atoms with Crippen LogP contribution in [0.15, 0.2) is 75.8 Å². The maximum atomic E-state index is 12.1. The average Bonchev–Trinajstić information content (AvgIpc) is 3.26. The van der Waals surface area contributed by atoms with Gasteiger partial charge in [0.25, 0.3) is 5.91 Å². The molecule has 3 rings (SSSR count). The Morgan fingerprint density at radius 1 is 0.931 bits per heavy atom. The summed E-state index contributed by atoms with van der Waals surface area (Å²) < 4.78 is 5.96. The van der Waals surface area contributed by atoms with Crippen LogP contribution in [0.4, 0.5) is 5.69 Å². The Hall–Kier alpha value is -3.19. The van der Waals surface area contributed by atoms with Crippen LogP contribution < -0.4 is 10.6 Å². The number of anilines is 1. The molecule has 1 aromatic heterocycles. The first-order valence-corrected chi connectivity index (χ1v) is 9.80. The normalized spacial score (nSPS) is 10.4. The van der Waals surface area contributed by atoms with Gasteiger partial charge < -0.3 is 15.1 Å². The molecule has 0 radical (unpaired) electrons. The van der Waals surface area contributed by atoms with Gasteiger partial charge in [0.15, 0.2) is 11.5 Å². The van der Waals surface area contributed by atoms with Crippen LogP contribution in [0.5, 0.6) is 0 Å². The molecule has 2 amide bonds. The molecule has 3 aromatic rings. The zero-order valence-corrected chi connectivity index (χ0v) is 17.1. The number of nitrogens with one attached hydrogen (secondary N) is 2. The second kappa shape index (κ2) is 9.84. The molecular formula is C22H19BrN2O4. The van der Waals surface area contributed by atoms with Crippen LogP contribution in [-0.2, 0) is 11.3 Å². The third-order valence-electron chi connectivity index (χ3n) is 4.16. The fourth-order valence-electron chi connectivity index (χ4n) is 2.66. The van der Waals surface area contributed by atoms with Crippen LogP contribution in [0.1, 0.15) is 39.3 Å². The SMILES string of the molecule is O=C(CCC(=O)c1ccc(Br)cc1)NCc1cccc(NC(=O)c2ccco2)c1. The van der Waals surface area contributed by atoms with Crippen molar-refractivity contribution in [3.8, 4) is 0 Å². The van der Waals surface area contributed by atoms with E-state index in [-0.39, 0.29) is 36.2 Å². The molecule has 0 bridgehead atoms. The van der Waals surface area contributed by atoms with Crippen molar-refractivity contribution in [1.82, 2.24) is 5.32 Å². The largest absolute Gasteiger partial charge is 0.459 e. The molecule has 2 N–H and O–H groups in total. The summed E-state index contributed by atoms with van der Waals surface area (Å²) in [5, 5.41) is 5.53. The fourth-order valence-corrected chi connectivity index (χ4v) is 2.92. The van der Waals surface area contributed by atoms with Crippen molar-refractivity contribution in [1.29, 1.82) is 0 Å². The maximum Gasteiger partial charge on any atom is 0.291 e. The van der Waals surface area contributed by atoms with Crippen molar-refractivity contribution in [3.63, 3.8) is 0 Å². The summed E-state index contributed by atoms with van der Waals surface area (Å²) in [6, 6.07) is 17.4. The zero-order valence-electron chi connectivity index (χ0n) is 15.5. The molecule has 7 heteroatoms. The quantitative estimate of drug-likeness (QED) is 0.487. The monoisotopic (exact) mass is 454 g/mol. The van der Waals surface area contributed by atoms with Crippen LogP contribution in [0.3, 0.4) is 0 Å². The highest BCUT2D eigenvalue weighted by Gasteiger charge is 2.11. The minimum atomic E-state index is -0.345. The van der Waals surface area contributed by atoms with Gasteiger partial charge in [-0.25, -0.2) is 0 Å². The Labute approximate surface area is 176 Å². The second-order valence-corrected chi connectivity index (χ2v) is 7.25. The predicted molar refractivity (Wildman–Crippen MR) is 113 cm³/mol. The van der Waals surface area contributed by atoms with Gasteiger partial charge >= 0.3 is 0 Å². The summed E-state index contributed by atoms with van der Waals surface area (Å²) in [6.45, 7) is 0.301. The summed E-state index contributed by atoms with van der Waals surface area (Å²) in [5.41, 5.74) is 2.01. The van der Waals surface area contributed by atoms with Crippen molar-refractivity contribution in [3.05, 3.63) is 88.3 Å². The van der Waals surface area contributed by atoms with Crippen LogP contribution >= 0.6 is 15.9 Å². The predicted octanol–water partition coefficient (Wildman–Crippen LogP) is 4.57. The fraction of sp³-hybridized carbons (Fsp3) is 0.136. The third-order valence-corrected chi connectivity index (χ3v) is 4.69. The Balaban J connectivity index is 1.46. The lowest BCUT2D eigenvalue weighted by atomic mass is 10.1. The Kier molecular flexibility index (Phi) is 6.97. The van der Waals surface area contributed by atoms with Gasteiger partial charge in [0, 0.05) is 35.1 Å². The van der Waals surface area contributed by atoms with E-state index in [1.807, 2.05) is 6.07 Å². The molecular weight excluding hydrogens is 436 g/mol. The van der Waals surface area contributed by atoms with E-state index in [1.165, 1.54) is 6.26 Å². The first kappa shape index (κ1) is 20.5. The molecule has 0 aliphatic rings.